The molecular weight excluding hydrogens is 1480 g/mol. The van der Waals surface area contributed by atoms with Crippen LogP contribution in [0.15, 0.2) is 352 Å². The van der Waals surface area contributed by atoms with Gasteiger partial charge in [-0.1, -0.05) is 260 Å². The summed E-state index contributed by atoms with van der Waals surface area (Å²) in [7, 11) is 0. The quantitative estimate of drug-likeness (QED) is 0.129. The first kappa shape index (κ1) is 64.8. The molecule has 0 radical (unpaired) electrons. The van der Waals surface area contributed by atoms with Gasteiger partial charge in [0.05, 0.1) is 86.3 Å². The number of aromatic nitrogens is 10. The Morgan fingerprint density at radius 3 is 0.965 bits per heavy atom. The van der Waals surface area contributed by atoms with E-state index in [-0.39, 0.29) is 0 Å². The molecule has 0 N–H and O–H groups in total. The van der Waals surface area contributed by atoms with Gasteiger partial charge in [-0.05, 0) is 126 Å². The molecule has 0 saturated carbocycles. The van der Waals surface area contributed by atoms with E-state index in [4.69, 9.17) is 43.1 Å². The zero-order valence-electron chi connectivity index (χ0n) is 60.5. The van der Waals surface area contributed by atoms with Gasteiger partial charge >= 0.3 is 0 Å². The first-order chi connectivity index (χ1) is 56.4. The van der Waals surface area contributed by atoms with Gasteiger partial charge in [-0.15, -0.1) is 22.7 Å². The fourth-order valence-corrected chi connectivity index (χ4v) is 20.7. The number of para-hydroxylation sites is 3. The molecule has 0 saturated heterocycles. The molecular formula is C100H58Cl2N10S2. The lowest BCUT2D eigenvalue weighted by atomic mass is 10.0. The van der Waals surface area contributed by atoms with Crippen LogP contribution in [0.4, 0.5) is 0 Å². The van der Waals surface area contributed by atoms with Crippen LogP contribution in [0, 0.1) is 0 Å². The van der Waals surface area contributed by atoms with E-state index < -0.39 is 0 Å². The van der Waals surface area contributed by atoms with E-state index in [2.05, 4.69) is 367 Å². The van der Waals surface area contributed by atoms with Crippen LogP contribution in [-0.2, 0) is 0 Å². The predicted octanol–water partition coefficient (Wildman–Crippen LogP) is 27.6. The third-order valence-corrected chi connectivity index (χ3v) is 26.0. The van der Waals surface area contributed by atoms with Crippen LogP contribution in [0.1, 0.15) is 0 Å². The minimum atomic E-state index is 0.545. The number of hydrogen-bond donors (Lipinski definition) is 0. The summed E-state index contributed by atoms with van der Waals surface area (Å²) in [5, 5.41) is 10.4. The molecule has 8 aromatic heterocycles. The first-order valence-corrected chi connectivity index (χ1v) is 40.4. The van der Waals surface area contributed by atoms with Crippen molar-refractivity contribution >= 4 is 174 Å². The Bertz CT molecular complexity index is 8110. The van der Waals surface area contributed by atoms with Gasteiger partial charge in [0.15, 0.2) is 0 Å². The maximum absolute atomic E-state index is 8.21. The Morgan fingerprint density at radius 1 is 0.211 bits per heavy atom. The van der Waals surface area contributed by atoms with Crippen LogP contribution in [0.25, 0.3) is 219 Å². The molecule has 0 fully saturated rings. The molecule has 0 spiro atoms. The first-order valence-electron chi connectivity index (χ1n) is 38.0. The summed E-state index contributed by atoms with van der Waals surface area (Å²) in [6, 6.07) is 125. The van der Waals surface area contributed by atoms with E-state index in [0.29, 0.717) is 10.0 Å². The summed E-state index contributed by atoms with van der Waals surface area (Å²) in [4.78, 5) is 22.7. The molecule has 0 bridgehead atoms. The third kappa shape index (κ3) is 9.60. The summed E-state index contributed by atoms with van der Waals surface area (Å²) >= 11 is 19.9. The van der Waals surface area contributed by atoms with E-state index in [1.165, 1.54) is 30.9 Å². The van der Waals surface area contributed by atoms with Crippen molar-refractivity contribution in [3.05, 3.63) is 362 Å². The van der Waals surface area contributed by atoms with Gasteiger partial charge in [0, 0.05) is 86.1 Å². The van der Waals surface area contributed by atoms with Crippen LogP contribution in [0.2, 0.25) is 10.0 Å². The van der Waals surface area contributed by atoms with Crippen molar-refractivity contribution in [2.45, 2.75) is 0 Å². The normalized spacial score (nSPS) is 12.1. The lowest BCUT2D eigenvalue weighted by molar-refractivity contribution is 1.07. The SMILES string of the molecule is Clc1c(-n2c(-c3ccccc3)nc3c4sc5ccccc5c4ccc32)cccc1-n1c(-c2ccc(-c3ccc4c(c3)c3ccc5c(nc(-c6ccccc6)n5-c5cccc(-n6c(-c7ccccc7)nc7c6ccc6c8ccccc8n(-c8ccccc8)c67)c5Cl)c3n4-c3ccccc3)cc2)nc2c3sc4ccccc4c3ccc21. The molecule has 0 unspecified atom stereocenters. The number of benzene rings is 16. The highest BCUT2D eigenvalue weighted by atomic mass is 35.5. The number of hydrogen-bond acceptors (Lipinski definition) is 6. The van der Waals surface area contributed by atoms with E-state index in [1.807, 2.05) is 12.1 Å². The zero-order valence-corrected chi connectivity index (χ0v) is 63.7. The number of nitrogens with zero attached hydrogens (tertiary/aromatic N) is 10. The van der Waals surface area contributed by atoms with Gasteiger partial charge in [0.25, 0.3) is 0 Å². The minimum Gasteiger partial charge on any atom is -0.307 e. The van der Waals surface area contributed by atoms with Gasteiger partial charge in [-0.25, -0.2) is 19.9 Å². The lowest BCUT2D eigenvalue weighted by Crippen LogP contribution is -2.04. The van der Waals surface area contributed by atoms with Crippen LogP contribution >= 0.6 is 45.9 Å². The number of rotatable bonds is 11. The predicted molar refractivity (Wildman–Crippen MR) is 477 cm³/mol. The summed E-state index contributed by atoms with van der Waals surface area (Å²) in [5.74, 6) is 3.11. The van der Waals surface area contributed by atoms with Crippen molar-refractivity contribution in [1.29, 1.82) is 0 Å². The Kier molecular flexibility index (Phi) is 14.4. The number of imidazole rings is 4. The smallest absolute Gasteiger partial charge is 0.145 e. The van der Waals surface area contributed by atoms with E-state index in [1.54, 1.807) is 22.7 Å². The monoisotopic (exact) mass is 1530 g/mol. The Balaban J connectivity index is 0.667. The van der Waals surface area contributed by atoms with Crippen molar-refractivity contribution in [2.75, 3.05) is 0 Å². The molecule has 24 aromatic rings. The molecule has 0 amide bonds. The maximum Gasteiger partial charge on any atom is 0.145 e. The summed E-state index contributed by atoms with van der Waals surface area (Å²) in [6.07, 6.45) is 0. The van der Waals surface area contributed by atoms with E-state index in [0.717, 1.165) is 188 Å². The Morgan fingerprint density at radius 2 is 0.526 bits per heavy atom. The third-order valence-electron chi connectivity index (χ3n) is 22.8. The number of thiophene rings is 2. The molecule has 0 aliphatic rings. The van der Waals surface area contributed by atoms with Crippen LogP contribution < -0.4 is 0 Å². The van der Waals surface area contributed by atoms with Crippen LogP contribution in [0.3, 0.4) is 0 Å². The van der Waals surface area contributed by atoms with Crippen molar-refractivity contribution in [2.24, 2.45) is 0 Å². The summed E-state index contributed by atoms with van der Waals surface area (Å²) in [5.41, 5.74) is 22.7. The van der Waals surface area contributed by atoms with Crippen LogP contribution in [0.5, 0.6) is 0 Å². The molecule has 14 heteroatoms. The number of fused-ring (bicyclic) bond motifs is 20. The van der Waals surface area contributed by atoms with Crippen molar-refractivity contribution < 1.29 is 0 Å². The fourth-order valence-electron chi connectivity index (χ4n) is 17.8. The molecule has 114 heavy (non-hydrogen) atoms. The van der Waals surface area contributed by atoms with Crippen molar-refractivity contribution in [3.8, 4) is 90.8 Å². The number of halogens is 2. The molecule has 0 atom stereocenters. The second-order valence-electron chi connectivity index (χ2n) is 29.0. The molecule has 8 heterocycles. The maximum atomic E-state index is 8.21. The lowest BCUT2D eigenvalue weighted by Gasteiger charge is -2.17. The second-order valence-corrected chi connectivity index (χ2v) is 31.9. The largest absolute Gasteiger partial charge is 0.307 e. The van der Waals surface area contributed by atoms with Gasteiger partial charge in [-0.2, -0.15) is 0 Å². The molecule has 534 valence electrons. The summed E-state index contributed by atoms with van der Waals surface area (Å²) < 4.78 is 18.4. The topological polar surface area (TPSA) is 81.1 Å². The fraction of sp³-hybridized carbons (Fsp3) is 0. The average molecular weight is 1530 g/mol. The molecule has 10 nitrogen and oxygen atoms in total. The standard InChI is InChI=1S/C100H58Cl2N10S2/c101-87-77(109-81-54-49-70-67-34-16-19-37-75(67)107(65-30-12-4-13-31-65)93(70)89(81)103-97(109)60-24-6-1-7-25-60)38-22-39-78(87)110-82-55-50-71-74-58-64(48-53-76(74)108(66-32-14-5-15-33-66)94(71)90(82)104-98(110)61-26-8-2-9-27-61)59-44-46-63(47-45-59)100-106-92-84(57-52-73-69-36-18-21-43-86(69)114-96(73)92)112(100)80-41-23-40-79(88(80)102)111-83-56-51-72-68-35-17-20-42-85(68)113-95(72)91(83)105-99(111)62-28-10-3-11-29-62/h1-58H. The van der Waals surface area contributed by atoms with E-state index in [9.17, 15) is 0 Å². The second kappa shape index (κ2) is 25.3. The van der Waals surface area contributed by atoms with Crippen LogP contribution in [-0.4, -0.2) is 47.3 Å². The van der Waals surface area contributed by atoms with Crippen molar-refractivity contribution in [3.63, 3.8) is 0 Å². The van der Waals surface area contributed by atoms with Gasteiger partial charge in [0.1, 0.15) is 45.4 Å². The van der Waals surface area contributed by atoms with Gasteiger partial charge < -0.3 is 9.13 Å². The highest BCUT2D eigenvalue weighted by Gasteiger charge is 2.30. The van der Waals surface area contributed by atoms with Gasteiger partial charge in [-0.3, -0.25) is 18.3 Å². The Hall–Kier alpha value is -14.0. The highest BCUT2D eigenvalue weighted by Crippen LogP contribution is 2.49. The minimum absolute atomic E-state index is 0.545. The van der Waals surface area contributed by atoms with E-state index >= 15 is 0 Å². The molecule has 16 aromatic carbocycles. The Labute approximate surface area is 669 Å². The highest BCUT2D eigenvalue weighted by molar-refractivity contribution is 7.27. The summed E-state index contributed by atoms with van der Waals surface area (Å²) in [6.45, 7) is 0. The molecule has 0 aliphatic carbocycles. The zero-order chi connectivity index (χ0) is 75.0. The average Bonchev–Trinajstić information content (AvgIpc) is 1.57. The molecule has 0 aliphatic heterocycles. The van der Waals surface area contributed by atoms with Gasteiger partial charge in [0.2, 0.25) is 0 Å². The molecule has 24 rings (SSSR count). The van der Waals surface area contributed by atoms with Crippen molar-refractivity contribution in [1.82, 2.24) is 47.3 Å².